The molecule has 1 amide bonds. The van der Waals surface area contributed by atoms with Gasteiger partial charge in [-0.1, -0.05) is 34.6 Å². The number of carbonyl (C=O) groups excluding carboxylic acids is 1. The molecule has 3 nitrogen and oxygen atoms in total. The summed E-state index contributed by atoms with van der Waals surface area (Å²) in [5, 5.41) is 0. The van der Waals surface area contributed by atoms with Crippen molar-refractivity contribution in [2.24, 2.45) is 5.73 Å². The Bertz CT molecular complexity index is 414. The largest absolute Gasteiger partial charge is 0.484 e. The van der Waals surface area contributed by atoms with E-state index >= 15 is 0 Å². The van der Waals surface area contributed by atoms with E-state index in [1.807, 2.05) is 26.0 Å². The summed E-state index contributed by atoms with van der Waals surface area (Å²) in [6, 6.07) is 3.91. The Morgan fingerprint density at radius 2 is 1.63 bits per heavy atom. The number of amides is 1. The Balaban J connectivity index is 0. The first-order chi connectivity index (χ1) is 8.71. The first-order valence-corrected chi connectivity index (χ1v) is 6.74. The zero-order valence-corrected chi connectivity index (χ0v) is 13.3. The van der Waals surface area contributed by atoms with Crippen LogP contribution in [0.5, 0.6) is 5.75 Å². The van der Waals surface area contributed by atoms with Crippen molar-refractivity contribution in [2.45, 2.75) is 53.9 Å². The van der Waals surface area contributed by atoms with Crippen LogP contribution >= 0.6 is 0 Å². The van der Waals surface area contributed by atoms with Gasteiger partial charge in [-0.2, -0.15) is 0 Å². The summed E-state index contributed by atoms with van der Waals surface area (Å²) < 4.78 is 5.32. The first-order valence-electron chi connectivity index (χ1n) is 6.74. The van der Waals surface area contributed by atoms with Gasteiger partial charge in [-0.3, -0.25) is 4.79 Å². The van der Waals surface area contributed by atoms with Crippen LogP contribution in [0.15, 0.2) is 12.1 Å². The van der Waals surface area contributed by atoms with E-state index in [0.717, 1.165) is 0 Å². The van der Waals surface area contributed by atoms with Crippen LogP contribution in [-0.4, -0.2) is 12.5 Å². The Hall–Kier alpha value is -1.51. The zero-order valence-electron chi connectivity index (χ0n) is 13.3. The molecule has 0 atom stereocenters. The summed E-state index contributed by atoms with van der Waals surface area (Å²) in [6.07, 6.45) is 0. The highest BCUT2D eigenvalue weighted by Gasteiger charge is 2.19. The van der Waals surface area contributed by atoms with E-state index in [-0.39, 0.29) is 13.4 Å². The molecule has 0 radical (unpaired) electrons. The van der Waals surface area contributed by atoms with Gasteiger partial charge in [0.2, 0.25) is 0 Å². The minimum absolute atomic E-state index is 0. The van der Waals surface area contributed by atoms with Crippen molar-refractivity contribution in [1.82, 2.24) is 0 Å². The van der Waals surface area contributed by atoms with Gasteiger partial charge in [0, 0.05) is 1.43 Å². The Morgan fingerprint density at radius 1 is 1.21 bits per heavy atom. The van der Waals surface area contributed by atoms with Crippen LogP contribution in [0.2, 0.25) is 0 Å². The summed E-state index contributed by atoms with van der Waals surface area (Å²) >= 11 is 0. The van der Waals surface area contributed by atoms with Gasteiger partial charge >= 0.3 is 0 Å². The molecule has 0 saturated carbocycles. The Morgan fingerprint density at radius 3 is 1.95 bits per heavy atom. The molecular weight excluding hydrogens is 238 g/mol. The Labute approximate surface area is 118 Å². The maximum absolute atomic E-state index is 10.7. The topological polar surface area (TPSA) is 52.3 Å². The summed E-state index contributed by atoms with van der Waals surface area (Å²) in [5.41, 5.74) is 8.84. The minimum atomic E-state index is -0.458. The number of ether oxygens (including phenoxy) is 1. The molecule has 1 rings (SSSR count). The van der Waals surface area contributed by atoms with Gasteiger partial charge in [0.15, 0.2) is 6.61 Å². The molecule has 0 aromatic heterocycles. The Kier molecular flexibility index (Phi) is 6.60. The number of hydrogen-bond acceptors (Lipinski definition) is 2. The van der Waals surface area contributed by atoms with Gasteiger partial charge in [-0.25, -0.2) is 0 Å². The van der Waals surface area contributed by atoms with E-state index in [0.29, 0.717) is 5.75 Å². The van der Waals surface area contributed by atoms with Gasteiger partial charge < -0.3 is 10.5 Å². The molecule has 2 N–H and O–H groups in total. The van der Waals surface area contributed by atoms with Gasteiger partial charge in [-0.15, -0.1) is 0 Å². The zero-order chi connectivity index (χ0) is 15.2. The fraction of sp³-hybridized carbons (Fsp3) is 0.562. The van der Waals surface area contributed by atoms with Crippen LogP contribution in [0, 0.1) is 13.8 Å². The van der Waals surface area contributed by atoms with Gasteiger partial charge in [-0.05, 0) is 48.1 Å². The lowest BCUT2D eigenvalue weighted by atomic mass is 9.81. The molecule has 0 bridgehead atoms. The van der Waals surface area contributed by atoms with Crippen molar-refractivity contribution in [3.05, 3.63) is 28.8 Å². The summed E-state index contributed by atoms with van der Waals surface area (Å²) in [4.78, 5) is 10.7. The minimum Gasteiger partial charge on any atom is -0.484 e. The molecule has 1 aromatic carbocycles. The molecule has 19 heavy (non-hydrogen) atoms. The maximum Gasteiger partial charge on any atom is 0.255 e. The number of rotatable bonds is 3. The molecule has 0 saturated heterocycles. The van der Waals surface area contributed by atoms with Crippen molar-refractivity contribution in [3.63, 3.8) is 0 Å². The lowest BCUT2D eigenvalue weighted by Gasteiger charge is -2.25. The van der Waals surface area contributed by atoms with Crippen LogP contribution in [0.3, 0.4) is 0 Å². The number of benzene rings is 1. The molecule has 0 heterocycles. The van der Waals surface area contributed by atoms with Crippen molar-refractivity contribution in [2.75, 3.05) is 6.61 Å². The van der Waals surface area contributed by atoms with Crippen molar-refractivity contribution in [3.8, 4) is 5.75 Å². The molecule has 110 valence electrons. The van der Waals surface area contributed by atoms with Crippen molar-refractivity contribution >= 4 is 5.91 Å². The molecule has 0 spiro atoms. The van der Waals surface area contributed by atoms with E-state index < -0.39 is 5.91 Å². The van der Waals surface area contributed by atoms with Gasteiger partial charge in [0.1, 0.15) is 5.75 Å². The third-order valence-electron chi connectivity index (χ3n) is 2.64. The standard InChI is InChI=1S/C14H21NO2.C2H6.H2/c1-9-6-11(17-8-12(15)16)7-10(2)13(9)14(3,4)5;1-2;/h6-7H,8H2,1-5H3,(H2,15,16);1-2H3;1H. The van der Waals surface area contributed by atoms with Gasteiger partial charge in [0.25, 0.3) is 5.91 Å². The highest BCUT2D eigenvalue weighted by molar-refractivity contribution is 5.75. The highest BCUT2D eigenvalue weighted by Crippen LogP contribution is 2.31. The number of carbonyl (C=O) groups is 1. The van der Waals surface area contributed by atoms with Crippen LogP contribution in [0.1, 0.15) is 52.7 Å². The molecule has 3 heteroatoms. The second-order valence-corrected chi connectivity index (χ2v) is 5.44. The third kappa shape index (κ3) is 5.33. The molecule has 0 unspecified atom stereocenters. The molecule has 0 aliphatic heterocycles. The van der Waals surface area contributed by atoms with Gasteiger partial charge in [0.05, 0.1) is 0 Å². The lowest BCUT2D eigenvalue weighted by Crippen LogP contribution is -2.20. The number of nitrogens with two attached hydrogens (primary N) is 1. The maximum atomic E-state index is 10.7. The number of hydrogen-bond donors (Lipinski definition) is 1. The molecule has 0 fully saturated rings. The number of aryl methyl sites for hydroxylation is 2. The fourth-order valence-corrected chi connectivity index (χ4v) is 2.34. The van der Waals surface area contributed by atoms with Crippen molar-refractivity contribution in [1.29, 1.82) is 0 Å². The monoisotopic (exact) mass is 267 g/mol. The van der Waals surface area contributed by atoms with Crippen LogP contribution in [0.25, 0.3) is 0 Å². The average molecular weight is 267 g/mol. The van der Waals surface area contributed by atoms with Crippen LogP contribution in [-0.2, 0) is 10.2 Å². The molecular formula is C16H29NO2. The predicted octanol–water partition coefficient (Wildman–Crippen LogP) is 3.74. The first kappa shape index (κ1) is 17.5. The molecule has 0 aliphatic carbocycles. The summed E-state index contributed by atoms with van der Waals surface area (Å²) in [5.74, 6) is 0.243. The van der Waals surface area contributed by atoms with E-state index in [1.54, 1.807) is 0 Å². The van der Waals surface area contributed by atoms with Crippen LogP contribution < -0.4 is 10.5 Å². The van der Waals surface area contributed by atoms with E-state index in [4.69, 9.17) is 10.5 Å². The smallest absolute Gasteiger partial charge is 0.255 e. The second kappa shape index (κ2) is 7.17. The average Bonchev–Trinajstić information content (AvgIpc) is 2.26. The normalized spacial score (nSPS) is 10.5. The van der Waals surface area contributed by atoms with E-state index in [1.165, 1.54) is 16.7 Å². The van der Waals surface area contributed by atoms with Crippen molar-refractivity contribution < 1.29 is 11.0 Å². The number of primary amides is 1. The lowest BCUT2D eigenvalue weighted by molar-refractivity contribution is -0.119. The molecule has 1 aromatic rings. The van der Waals surface area contributed by atoms with E-state index in [9.17, 15) is 4.79 Å². The summed E-state index contributed by atoms with van der Waals surface area (Å²) in [6.45, 7) is 14.6. The second-order valence-electron chi connectivity index (χ2n) is 5.44. The van der Waals surface area contributed by atoms with E-state index in [2.05, 4.69) is 34.6 Å². The summed E-state index contributed by atoms with van der Waals surface area (Å²) in [7, 11) is 0. The highest BCUT2D eigenvalue weighted by atomic mass is 16.5. The SMILES string of the molecule is CC.Cc1cc(OCC(N)=O)cc(C)c1C(C)(C)C.[HH]. The van der Waals surface area contributed by atoms with Crippen LogP contribution in [0.4, 0.5) is 0 Å². The quantitative estimate of drug-likeness (QED) is 0.907. The third-order valence-corrected chi connectivity index (χ3v) is 2.64. The predicted molar refractivity (Wildman–Crippen MR) is 82.8 cm³/mol. The molecule has 0 aliphatic rings. The fourth-order valence-electron chi connectivity index (χ4n) is 2.34.